The average molecular weight is 354 g/mol. The van der Waals surface area contributed by atoms with Crippen molar-refractivity contribution in [3.63, 3.8) is 0 Å². The van der Waals surface area contributed by atoms with Crippen molar-refractivity contribution in [1.82, 2.24) is 5.32 Å². The molecule has 0 saturated carbocycles. The Hall–Kier alpha value is -1.33. The lowest BCUT2D eigenvalue weighted by molar-refractivity contribution is -0.139. The number of ether oxygens (including phenoxy) is 1. The van der Waals surface area contributed by atoms with Gasteiger partial charge in [0.15, 0.2) is 0 Å². The smallest absolute Gasteiger partial charge is 0.320 e. The molecule has 0 fully saturated rings. The van der Waals surface area contributed by atoms with E-state index in [0.29, 0.717) is 25.5 Å². The molecule has 0 aromatic heterocycles. The Labute approximate surface area is 133 Å². The quantitative estimate of drug-likeness (QED) is 0.823. The molecule has 0 aliphatic carbocycles. The summed E-state index contributed by atoms with van der Waals surface area (Å²) in [5.74, 6) is 0.398. The van der Waals surface area contributed by atoms with Gasteiger partial charge < -0.3 is 15.2 Å². The van der Waals surface area contributed by atoms with Gasteiger partial charge in [-0.3, -0.25) is 4.79 Å². The second kappa shape index (κ2) is 7.09. The van der Waals surface area contributed by atoms with Gasteiger partial charge in [0.1, 0.15) is 18.4 Å². The van der Waals surface area contributed by atoms with Crippen LogP contribution in [0.3, 0.4) is 0 Å². The molecule has 1 heterocycles. The molecule has 0 amide bonds. The third kappa shape index (κ3) is 4.58. The van der Waals surface area contributed by atoms with E-state index in [9.17, 15) is 9.90 Å². The summed E-state index contributed by atoms with van der Waals surface area (Å²) in [7, 11) is 0. The van der Waals surface area contributed by atoms with Gasteiger partial charge in [0.05, 0.1) is 0 Å². The van der Waals surface area contributed by atoms with Crippen LogP contribution in [-0.2, 0) is 4.79 Å². The average Bonchev–Trinajstić information content (AvgIpc) is 2.42. The second-order valence-corrected chi connectivity index (χ2v) is 6.59. The van der Waals surface area contributed by atoms with Gasteiger partial charge in [-0.05, 0) is 42.2 Å². The normalized spacial score (nSPS) is 15.1. The molecule has 5 heteroatoms. The molecule has 1 aliphatic heterocycles. The van der Waals surface area contributed by atoms with Crippen LogP contribution in [0.1, 0.15) is 25.8 Å². The predicted molar refractivity (Wildman–Crippen MR) is 86.5 cm³/mol. The van der Waals surface area contributed by atoms with E-state index in [1.807, 2.05) is 32.0 Å². The van der Waals surface area contributed by atoms with Gasteiger partial charge in [0.2, 0.25) is 0 Å². The number of fused-ring (bicyclic) bond motifs is 1. The fraction of sp³-hybridized carbons (Fsp3) is 0.438. The molecule has 1 aromatic carbocycles. The molecular formula is C16H20BrNO3. The molecule has 2 N–H and O–H groups in total. The van der Waals surface area contributed by atoms with Crippen LogP contribution in [0.4, 0.5) is 0 Å². The first-order valence-electron chi connectivity index (χ1n) is 7.03. The zero-order valence-electron chi connectivity index (χ0n) is 12.2. The van der Waals surface area contributed by atoms with Crippen molar-refractivity contribution in [1.29, 1.82) is 0 Å². The number of halogens is 1. The molecule has 0 bridgehead atoms. The van der Waals surface area contributed by atoms with Crippen LogP contribution in [-0.4, -0.2) is 30.3 Å². The minimum absolute atomic E-state index is 0.340. The third-order valence-corrected chi connectivity index (χ3v) is 3.82. The fourth-order valence-electron chi connectivity index (χ4n) is 2.29. The molecule has 1 aromatic rings. The number of aliphatic carboxylic acids is 1. The van der Waals surface area contributed by atoms with Gasteiger partial charge >= 0.3 is 5.97 Å². The lowest BCUT2D eigenvalue weighted by Crippen LogP contribution is -2.39. The van der Waals surface area contributed by atoms with Crippen molar-refractivity contribution in [2.45, 2.75) is 26.3 Å². The van der Waals surface area contributed by atoms with E-state index in [-0.39, 0.29) is 0 Å². The first-order chi connectivity index (χ1) is 9.95. The Morgan fingerprint density at radius 1 is 1.48 bits per heavy atom. The Morgan fingerprint density at radius 3 is 2.90 bits per heavy atom. The van der Waals surface area contributed by atoms with E-state index in [4.69, 9.17) is 4.74 Å². The maximum Gasteiger partial charge on any atom is 0.320 e. The van der Waals surface area contributed by atoms with Gasteiger partial charge in [-0.15, -0.1) is 0 Å². The number of nitrogens with one attached hydrogen (secondary N) is 1. The summed E-state index contributed by atoms with van der Waals surface area (Å²) in [5.41, 5.74) is 2.07. The molecule has 1 atom stereocenters. The molecule has 0 spiro atoms. The molecule has 4 nitrogen and oxygen atoms in total. The third-order valence-electron chi connectivity index (χ3n) is 3.33. The second-order valence-electron chi connectivity index (χ2n) is 5.67. The van der Waals surface area contributed by atoms with Gasteiger partial charge in [0.25, 0.3) is 0 Å². The molecule has 0 radical (unpaired) electrons. The zero-order valence-corrected chi connectivity index (χ0v) is 13.8. The van der Waals surface area contributed by atoms with E-state index in [2.05, 4.69) is 27.3 Å². The fourth-order valence-corrected chi connectivity index (χ4v) is 2.67. The number of benzene rings is 1. The highest BCUT2D eigenvalue weighted by Gasteiger charge is 2.19. The highest BCUT2D eigenvalue weighted by Crippen LogP contribution is 2.28. The highest BCUT2D eigenvalue weighted by molar-refractivity contribution is 9.10. The Morgan fingerprint density at radius 2 is 2.24 bits per heavy atom. The summed E-state index contributed by atoms with van der Waals surface area (Å²) in [6.45, 7) is 5.06. The monoisotopic (exact) mass is 353 g/mol. The van der Waals surface area contributed by atoms with Crippen LogP contribution in [0.5, 0.6) is 5.75 Å². The van der Waals surface area contributed by atoms with E-state index in [1.54, 1.807) is 0 Å². The Kier molecular flexibility index (Phi) is 5.42. The first kappa shape index (κ1) is 16.0. The molecule has 1 aliphatic rings. The van der Waals surface area contributed by atoms with Gasteiger partial charge in [-0.2, -0.15) is 0 Å². The summed E-state index contributed by atoms with van der Waals surface area (Å²) < 4.78 is 6.69. The number of hydrogen-bond donors (Lipinski definition) is 2. The number of carboxylic acid groups (broad SMARTS) is 1. The number of rotatable bonds is 6. The van der Waals surface area contributed by atoms with Crippen LogP contribution in [0.15, 0.2) is 28.2 Å². The minimum atomic E-state index is -0.802. The van der Waals surface area contributed by atoms with Crippen LogP contribution < -0.4 is 10.1 Å². The van der Waals surface area contributed by atoms with Crippen molar-refractivity contribution >= 4 is 28.0 Å². The number of carbonyl (C=O) groups is 1. The van der Waals surface area contributed by atoms with Crippen molar-refractivity contribution in [3.05, 3.63) is 33.8 Å². The van der Waals surface area contributed by atoms with E-state index in [1.165, 1.54) is 0 Å². The number of hydrogen-bond acceptors (Lipinski definition) is 3. The molecule has 0 saturated heterocycles. The standard InChI is InChI=1S/C16H20BrNO3/c1-10(2)5-14(16(19)20)18-8-11-6-12-7-13(17)3-4-15(12)21-9-11/h3-4,6-7,10,14,18H,5,8-9H2,1-2H3,(H,19,20)/t14-/m1/s1. The van der Waals surface area contributed by atoms with Crippen molar-refractivity contribution < 1.29 is 14.6 Å². The summed E-state index contributed by atoms with van der Waals surface area (Å²) in [5, 5.41) is 12.3. The maximum absolute atomic E-state index is 11.2. The predicted octanol–water partition coefficient (Wildman–Crippen LogP) is 3.31. The molecular weight excluding hydrogens is 334 g/mol. The van der Waals surface area contributed by atoms with E-state index < -0.39 is 12.0 Å². The molecule has 21 heavy (non-hydrogen) atoms. The highest BCUT2D eigenvalue weighted by atomic mass is 79.9. The van der Waals surface area contributed by atoms with Crippen molar-refractivity contribution in [2.75, 3.05) is 13.2 Å². The van der Waals surface area contributed by atoms with E-state index in [0.717, 1.165) is 21.4 Å². The molecule has 0 unspecified atom stereocenters. The summed E-state index contributed by atoms with van der Waals surface area (Å²) in [4.78, 5) is 11.2. The Bertz CT molecular complexity index is 554. The van der Waals surface area contributed by atoms with Gasteiger partial charge in [-0.1, -0.05) is 29.8 Å². The zero-order chi connectivity index (χ0) is 15.4. The van der Waals surface area contributed by atoms with Crippen LogP contribution >= 0.6 is 15.9 Å². The van der Waals surface area contributed by atoms with Crippen LogP contribution in [0, 0.1) is 5.92 Å². The molecule has 114 valence electrons. The summed E-state index contributed by atoms with van der Waals surface area (Å²) in [6, 6.07) is 5.35. The molecule has 2 rings (SSSR count). The number of carboxylic acids is 1. The van der Waals surface area contributed by atoms with E-state index >= 15 is 0 Å². The topological polar surface area (TPSA) is 58.6 Å². The van der Waals surface area contributed by atoms with Crippen molar-refractivity contribution in [3.8, 4) is 5.75 Å². The van der Waals surface area contributed by atoms with Gasteiger partial charge in [0, 0.05) is 16.6 Å². The maximum atomic E-state index is 11.2. The first-order valence-corrected chi connectivity index (χ1v) is 7.83. The lowest BCUT2D eigenvalue weighted by Gasteiger charge is -2.21. The largest absolute Gasteiger partial charge is 0.489 e. The van der Waals surface area contributed by atoms with Crippen molar-refractivity contribution in [2.24, 2.45) is 5.92 Å². The van der Waals surface area contributed by atoms with Crippen LogP contribution in [0.25, 0.3) is 6.08 Å². The SMILES string of the molecule is CC(C)C[C@@H](NCC1=Cc2cc(Br)ccc2OC1)C(=O)O. The summed E-state index contributed by atoms with van der Waals surface area (Å²) in [6.07, 6.45) is 2.68. The summed E-state index contributed by atoms with van der Waals surface area (Å²) >= 11 is 3.44. The Balaban J connectivity index is 2.02. The van der Waals surface area contributed by atoms with Crippen LogP contribution in [0.2, 0.25) is 0 Å². The van der Waals surface area contributed by atoms with Gasteiger partial charge in [-0.25, -0.2) is 0 Å². The minimum Gasteiger partial charge on any atom is -0.489 e. The lowest BCUT2D eigenvalue weighted by atomic mass is 10.0.